The highest BCUT2D eigenvalue weighted by Crippen LogP contribution is 2.22. The van der Waals surface area contributed by atoms with Crippen LogP contribution < -0.4 is 0 Å². The second-order valence-electron chi connectivity index (χ2n) is 6.71. The molecule has 1 N–H and O–H groups in total. The summed E-state index contributed by atoms with van der Waals surface area (Å²) in [5.41, 5.74) is 2.71. The van der Waals surface area contributed by atoms with Gasteiger partial charge in [0.25, 0.3) is 0 Å². The molecular formula is C20H22N6S. The Morgan fingerprint density at radius 3 is 2.70 bits per heavy atom. The smallest absolute Gasteiger partial charge is 0.181 e. The van der Waals surface area contributed by atoms with Crippen LogP contribution in [-0.2, 0) is 0 Å². The standard InChI is InChI=1S/C15H12N6.C5H10S/c1-10-18-14(20-19-10)11-4-2-6-13(8-11)21-15-12(9-17-21)5-3-7-16-15;6-5-3-1-2-4-5/h2-9H,1H3,(H,18,19,20);5-6H,1-4H2. The first-order valence-corrected chi connectivity index (χ1v) is 9.69. The third kappa shape index (κ3) is 4.03. The van der Waals surface area contributed by atoms with Gasteiger partial charge in [0.1, 0.15) is 5.82 Å². The predicted molar refractivity (Wildman–Crippen MR) is 110 cm³/mol. The van der Waals surface area contributed by atoms with Gasteiger partial charge in [-0.3, -0.25) is 5.10 Å². The fourth-order valence-corrected chi connectivity index (χ4v) is 3.57. The van der Waals surface area contributed by atoms with Crippen LogP contribution in [0.3, 0.4) is 0 Å². The molecule has 1 saturated carbocycles. The highest BCUT2D eigenvalue weighted by molar-refractivity contribution is 7.80. The highest BCUT2D eigenvalue weighted by Gasteiger charge is 2.09. The summed E-state index contributed by atoms with van der Waals surface area (Å²) in [5, 5.41) is 13.2. The van der Waals surface area contributed by atoms with Gasteiger partial charge in [-0.2, -0.15) is 22.8 Å². The van der Waals surface area contributed by atoms with E-state index in [9.17, 15) is 0 Å². The molecule has 0 saturated heterocycles. The van der Waals surface area contributed by atoms with E-state index in [0.717, 1.165) is 33.4 Å². The van der Waals surface area contributed by atoms with Gasteiger partial charge in [0, 0.05) is 22.4 Å². The molecule has 0 unspecified atom stereocenters. The van der Waals surface area contributed by atoms with Crippen molar-refractivity contribution in [2.45, 2.75) is 37.9 Å². The van der Waals surface area contributed by atoms with Gasteiger partial charge in [-0.1, -0.05) is 25.0 Å². The van der Waals surface area contributed by atoms with Crippen molar-refractivity contribution >= 4 is 23.7 Å². The van der Waals surface area contributed by atoms with E-state index in [1.807, 2.05) is 54.2 Å². The monoisotopic (exact) mass is 378 g/mol. The maximum Gasteiger partial charge on any atom is 0.181 e. The van der Waals surface area contributed by atoms with E-state index >= 15 is 0 Å². The Kier molecular flexibility index (Phi) is 5.20. The zero-order chi connectivity index (χ0) is 18.6. The number of aryl methyl sites for hydroxylation is 1. The van der Waals surface area contributed by atoms with E-state index in [0.29, 0.717) is 5.82 Å². The predicted octanol–water partition coefficient (Wildman–Crippen LogP) is 4.37. The first-order chi connectivity index (χ1) is 13.2. The van der Waals surface area contributed by atoms with Gasteiger partial charge in [-0.05, 0) is 44.0 Å². The minimum absolute atomic E-state index is 0.679. The average Bonchev–Trinajstić information content (AvgIpc) is 3.43. The molecule has 0 aliphatic heterocycles. The van der Waals surface area contributed by atoms with E-state index < -0.39 is 0 Å². The summed E-state index contributed by atoms with van der Waals surface area (Å²) < 4.78 is 1.82. The second-order valence-corrected chi connectivity index (χ2v) is 7.44. The Bertz CT molecular complexity index is 1030. The van der Waals surface area contributed by atoms with Gasteiger partial charge in [0.05, 0.1) is 11.9 Å². The number of H-pyrrole nitrogens is 1. The largest absolute Gasteiger partial charge is 0.263 e. The molecule has 1 aliphatic rings. The normalized spacial score (nSPS) is 14.3. The molecule has 0 bridgehead atoms. The molecule has 1 fully saturated rings. The Balaban J connectivity index is 0.000000257. The van der Waals surface area contributed by atoms with Crippen molar-refractivity contribution < 1.29 is 0 Å². The van der Waals surface area contributed by atoms with Gasteiger partial charge in [0.15, 0.2) is 11.5 Å². The Labute approximate surface area is 163 Å². The molecule has 0 atom stereocenters. The lowest BCUT2D eigenvalue weighted by Crippen LogP contribution is -1.97. The molecule has 138 valence electrons. The minimum Gasteiger partial charge on any atom is -0.263 e. The first-order valence-electron chi connectivity index (χ1n) is 9.17. The molecular weight excluding hydrogens is 356 g/mol. The molecule has 7 heteroatoms. The van der Waals surface area contributed by atoms with Gasteiger partial charge in [-0.25, -0.2) is 14.6 Å². The fourth-order valence-electron chi connectivity index (χ4n) is 3.20. The van der Waals surface area contributed by atoms with E-state index in [1.54, 1.807) is 6.20 Å². The number of aromatic nitrogens is 6. The van der Waals surface area contributed by atoms with E-state index in [1.165, 1.54) is 25.7 Å². The van der Waals surface area contributed by atoms with Crippen molar-refractivity contribution in [3.8, 4) is 17.1 Å². The zero-order valence-electron chi connectivity index (χ0n) is 15.2. The Morgan fingerprint density at radius 2 is 2.00 bits per heavy atom. The van der Waals surface area contributed by atoms with E-state index in [-0.39, 0.29) is 0 Å². The molecule has 0 amide bonds. The Hall–Kier alpha value is -2.67. The lowest BCUT2D eigenvalue weighted by Gasteiger charge is -2.04. The quantitative estimate of drug-likeness (QED) is 0.508. The van der Waals surface area contributed by atoms with Crippen molar-refractivity contribution in [2.75, 3.05) is 0 Å². The summed E-state index contributed by atoms with van der Waals surface area (Å²) in [4.78, 5) is 8.74. The lowest BCUT2D eigenvalue weighted by molar-refractivity contribution is 0.886. The van der Waals surface area contributed by atoms with Crippen LogP contribution in [0.15, 0.2) is 48.8 Å². The van der Waals surface area contributed by atoms with Crippen LogP contribution in [0.5, 0.6) is 0 Å². The third-order valence-corrected chi connectivity index (χ3v) is 5.12. The van der Waals surface area contributed by atoms with E-state index in [2.05, 4.69) is 37.9 Å². The van der Waals surface area contributed by atoms with Crippen LogP contribution in [0.1, 0.15) is 31.5 Å². The molecule has 3 heterocycles. The average molecular weight is 379 g/mol. The molecule has 1 aliphatic carbocycles. The maximum absolute atomic E-state index is 4.41. The summed E-state index contributed by atoms with van der Waals surface area (Å²) in [7, 11) is 0. The number of aromatic amines is 1. The summed E-state index contributed by atoms with van der Waals surface area (Å²) >= 11 is 4.29. The molecule has 3 aromatic heterocycles. The van der Waals surface area contributed by atoms with Crippen LogP contribution in [0.2, 0.25) is 0 Å². The number of thiol groups is 1. The van der Waals surface area contributed by atoms with Crippen molar-refractivity contribution in [1.29, 1.82) is 0 Å². The van der Waals surface area contributed by atoms with Crippen molar-refractivity contribution in [2.24, 2.45) is 0 Å². The van der Waals surface area contributed by atoms with Crippen LogP contribution >= 0.6 is 12.6 Å². The summed E-state index contributed by atoms with van der Waals surface area (Å²) in [6.45, 7) is 1.88. The van der Waals surface area contributed by atoms with Gasteiger partial charge in [-0.15, -0.1) is 0 Å². The number of nitrogens with zero attached hydrogens (tertiary/aromatic N) is 5. The summed E-state index contributed by atoms with van der Waals surface area (Å²) in [5.74, 6) is 1.47. The highest BCUT2D eigenvalue weighted by atomic mass is 32.1. The first kappa shape index (κ1) is 17.7. The zero-order valence-corrected chi connectivity index (χ0v) is 16.1. The minimum atomic E-state index is 0.679. The second kappa shape index (κ2) is 7.92. The molecule has 27 heavy (non-hydrogen) atoms. The molecule has 0 radical (unpaired) electrons. The molecule has 5 rings (SSSR count). The SMILES string of the molecule is Cc1nc(-c2cccc(-n3ncc4cccnc43)c2)n[nH]1.SC1CCCC1. The number of rotatable bonds is 2. The van der Waals surface area contributed by atoms with Gasteiger partial charge in [0.2, 0.25) is 0 Å². The number of hydrogen-bond donors (Lipinski definition) is 2. The third-order valence-electron chi connectivity index (χ3n) is 4.60. The van der Waals surface area contributed by atoms with Crippen LogP contribution in [0, 0.1) is 6.92 Å². The number of pyridine rings is 1. The summed E-state index contributed by atoms with van der Waals surface area (Å²) in [6.07, 6.45) is 9.10. The van der Waals surface area contributed by atoms with Gasteiger partial charge >= 0.3 is 0 Å². The number of hydrogen-bond acceptors (Lipinski definition) is 5. The Morgan fingerprint density at radius 1 is 1.15 bits per heavy atom. The topological polar surface area (TPSA) is 72.3 Å². The molecule has 0 spiro atoms. The fraction of sp³-hybridized carbons (Fsp3) is 0.300. The number of fused-ring (bicyclic) bond motifs is 1. The lowest BCUT2D eigenvalue weighted by atomic mass is 10.2. The van der Waals surface area contributed by atoms with Crippen LogP contribution in [-0.4, -0.2) is 35.2 Å². The van der Waals surface area contributed by atoms with Crippen molar-refractivity contribution in [3.63, 3.8) is 0 Å². The van der Waals surface area contributed by atoms with Crippen molar-refractivity contribution in [3.05, 3.63) is 54.6 Å². The van der Waals surface area contributed by atoms with Crippen molar-refractivity contribution in [1.82, 2.24) is 29.9 Å². The van der Waals surface area contributed by atoms with E-state index in [4.69, 9.17) is 0 Å². The molecule has 6 nitrogen and oxygen atoms in total. The van der Waals surface area contributed by atoms with Crippen LogP contribution in [0.25, 0.3) is 28.1 Å². The number of nitrogens with one attached hydrogen (secondary N) is 1. The van der Waals surface area contributed by atoms with Crippen LogP contribution in [0.4, 0.5) is 0 Å². The summed E-state index contributed by atoms with van der Waals surface area (Å²) in [6, 6.07) is 11.8. The molecule has 1 aromatic carbocycles. The number of benzene rings is 1. The van der Waals surface area contributed by atoms with Gasteiger partial charge < -0.3 is 0 Å². The molecule has 4 aromatic rings. The maximum atomic E-state index is 4.41.